The monoisotopic (exact) mass is 581 g/mol. The average molecular weight is 582 g/mol. The van der Waals surface area contributed by atoms with Crippen LogP contribution in [0.5, 0.6) is 0 Å². The standard InChI is InChI=1S/C33H28FN3O4S/c1-21(38)23-12-14-26(15-13-23)35-31(39)22(2)42-28-18-16-27(17-19-28)36-33(41)30(20-25-10-6-7-11-29(25)34)37-32(40)24-8-4-3-5-9-24/h3-20,22H,1-2H3,(H,35,39)(H,36,41)(H,37,40)/b30-20-. The number of thioether (sulfide) groups is 1. The highest BCUT2D eigenvalue weighted by atomic mass is 32.2. The molecule has 0 radical (unpaired) electrons. The summed E-state index contributed by atoms with van der Waals surface area (Å²) in [7, 11) is 0. The molecule has 9 heteroatoms. The second-order valence-electron chi connectivity index (χ2n) is 9.26. The zero-order valence-corrected chi connectivity index (χ0v) is 23.7. The van der Waals surface area contributed by atoms with Crippen LogP contribution in [0.1, 0.15) is 40.1 Å². The van der Waals surface area contributed by atoms with Gasteiger partial charge in [0, 0.05) is 33.0 Å². The summed E-state index contributed by atoms with van der Waals surface area (Å²) < 4.78 is 14.3. The fourth-order valence-electron chi connectivity index (χ4n) is 3.80. The second-order valence-corrected chi connectivity index (χ2v) is 10.7. The van der Waals surface area contributed by atoms with E-state index in [0.29, 0.717) is 22.5 Å². The number of halogens is 1. The molecule has 0 spiro atoms. The van der Waals surface area contributed by atoms with Crippen molar-refractivity contribution in [1.82, 2.24) is 5.32 Å². The topological polar surface area (TPSA) is 104 Å². The molecule has 4 aromatic carbocycles. The summed E-state index contributed by atoms with van der Waals surface area (Å²) in [6.45, 7) is 3.25. The fraction of sp³-hybridized carbons (Fsp3) is 0.0909. The Morgan fingerprint density at radius 3 is 1.98 bits per heavy atom. The largest absolute Gasteiger partial charge is 0.325 e. The lowest BCUT2D eigenvalue weighted by Gasteiger charge is -2.14. The molecule has 0 fully saturated rings. The third kappa shape index (κ3) is 8.25. The Balaban J connectivity index is 1.41. The van der Waals surface area contributed by atoms with Crippen molar-refractivity contribution in [2.24, 2.45) is 0 Å². The van der Waals surface area contributed by atoms with Crippen LogP contribution in [0.25, 0.3) is 6.08 Å². The lowest BCUT2D eigenvalue weighted by atomic mass is 10.1. The third-order valence-corrected chi connectivity index (χ3v) is 7.20. The molecule has 3 N–H and O–H groups in total. The van der Waals surface area contributed by atoms with Gasteiger partial charge in [-0.2, -0.15) is 0 Å². The van der Waals surface area contributed by atoms with Gasteiger partial charge in [0.05, 0.1) is 5.25 Å². The van der Waals surface area contributed by atoms with E-state index < -0.39 is 22.9 Å². The van der Waals surface area contributed by atoms with Gasteiger partial charge in [-0.1, -0.05) is 36.4 Å². The van der Waals surface area contributed by atoms with Crippen LogP contribution in [-0.2, 0) is 9.59 Å². The van der Waals surface area contributed by atoms with Crippen LogP contribution in [0.2, 0.25) is 0 Å². The Morgan fingerprint density at radius 1 is 0.738 bits per heavy atom. The predicted octanol–water partition coefficient (Wildman–Crippen LogP) is 6.56. The molecule has 3 amide bonds. The van der Waals surface area contributed by atoms with E-state index in [4.69, 9.17) is 0 Å². The van der Waals surface area contributed by atoms with Gasteiger partial charge in [0.1, 0.15) is 11.5 Å². The van der Waals surface area contributed by atoms with Crippen LogP contribution in [0.3, 0.4) is 0 Å². The quantitative estimate of drug-likeness (QED) is 0.112. The van der Waals surface area contributed by atoms with Crippen molar-refractivity contribution in [3.8, 4) is 0 Å². The molecule has 212 valence electrons. The first-order chi connectivity index (χ1) is 20.2. The summed E-state index contributed by atoms with van der Waals surface area (Å²) in [5, 5.41) is 7.72. The molecule has 4 rings (SSSR count). The SMILES string of the molecule is CC(=O)c1ccc(NC(=O)C(C)Sc2ccc(NC(=O)/C(=C/c3ccccc3F)NC(=O)c3ccccc3)cc2)cc1. The Kier molecular flexibility index (Phi) is 10.0. The Labute approximate surface area is 247 Å². The van der Waals surface area contributed by atoms with Gasteiger partial charge in [0.2, 0.25) is 5.91 Å². The van der Waals surface area contributed by atoms with Crippen molar-refractivity contribution in [3.63, 3.8) is 0 Å². The highest BCUT2D eigenvalue weighted by Crippen LogP contribution is 2.26. The van der Waals surface area contributed by atoms with Crippen molar-refractivity contribution in [2.75, 3.05) is 10.6 Å². The number of rotatable bonds is 10. The van der Waals surface area contributed by atoms with E-state index in [0.717, 1.165) is 4.90 Å². The lowest BCUT2D eigenvalue weighted by molar-refractivity contribution is -0.115. The molecule has 0 saturated carbocycles. The number of carbonyl (C=O) groups excluding carboxylic acids is 4. The fourth-order valence-corrected chi connectivity index (χ4v) is 4.66. The minimum atomic E-state index is -0.633. The summed E-state index contributed by atoms with van der Waals surface area (Å²) >= 11 is 1.33. The van der Waals surface area contributed by atoms with E-state index in [2.05, 4.69) is 16.0 Å². The molecule has 42 heavy (non-hydrogen) atoms. The van der Waals surface area contributed by atoms with E-state index >= 15 is 0 Å². The maximum absolute atomic E-state index is 14.3. The Bertz CT molecular complexity index is 1620. The van der Waals surface area contributed by atoms with Crippen LogP contribution in [-0.4, -0.2) is 28.8 Å². The van der Waals surface area contributed by atoms with Gasteiger partial charge in [-0.3, -0.25) is 19.2 Å². The number of anilines is 2. The van der Waals surface area contributed by atoms with Gasteiger partial charge in [-0.05, 0) is 86.7 Å². The van der Waals surface area contributed by atoms with Crippen molar-refractivity contribution < 1.29 is 23.6 Å². The molecule has 4 aromatic rings. The molecule has 1 atom stereocenters. The Morgan fingerprint density at radius 2 is 1.33 bits per heavy atom. The van der Waals surface area contributed by atoms with Gasteiger partial charge >= 0.3 is 0 Å². The van der Waals surface area contributed by atoms with Crippen LogP contribution in [0.4, 0.5) is 15.8 Å². The van der Waals surface area contributed by atoms with Crippen molar-refractivity contribution in [2.45, 2.75) is 24.0 Å². The minimum Gasteiger partial charge on any atom is -0.325 e. The van der Waals surface area contributed by atoms with Gasteiger partial charge < -0.3 is 16.0 Å². The Hall–Kier alpha value is -5.02. The molecule has 0 bridgehead atoms. The zero-order valence-electron chi connectivity index (χ0n) is 22.9. The summed E-state index contributed by atoms with van der Waals surface area (Å²) in [5.41, 5.74) is 1.96. The molecule has 0 saturated heterocycles. The first kappa shape index (κ1) is 30.0. The molecular formula is C33H28FN3O4S. The summed E-state index contributed by atoms with van der Waals surface area (Å²) in [4.78, 5) is 50.9. The maximum atomic E-state index is 14.3. The molecule has 0 aliphatic rings. The number of Topliss-reactive ketones (excluding diaryl/α,β-unsaturated/α-hetero) is 1. The summed E-state index contributed by atoms with van der Waals surface area (Å²) in [5.74, 6) is -1.94. The summed E-state index contributed by atoms with van der Waals surface area (Å²) in [6, 6.07) is 27.9. The number of carbonyl (C=O) groups is 4. The molecule has 1 unspecified atom stereocenters. The third-order valence-electron chi connectivity index (χ3n) is 6.09. The van der Waals surface area contributed by atoms with Gasteiger partial charge in [-0.15, -0.1) is 11.8 Å². The van der Waals surface area contributed by atoms with Crippen molar-refractivity contribution in [1.29, 1.82) is 0 Å². The summed E-state index contributed by atoms with van der Waals surface area (Å²) in [6.07, 6.45) is 1.28. The number of benzene rings is 4. The van der Waals surface area contributed by atoms with E-state index in [1.54, 1.807) is 91.9 Å². The molecule has 0 aromatic heterocycles. The van der Waals surface area contributed by atoms with Gasteiger partial charge in [0.15, 0.2) is 5.78 Å². The van der Waals surface area contributed by atoms with Crippen molar-refractivity contribution >= 4 is 52.7 Å². The number of nitrogens with one attached hydrogen (secondary N) is 3. The number of hydrogen-bond acceptors (Lipinski definition) is 5. The van der Waals surface area contributed by atoms with Gasteiger partial charge in [0.25, 0.3) is 11.8 Å². The first-order valence-corrected chi connectivity index (χ1v) is 13.9. The lowest BCUT2D eigenvalue weighted by Crippen LogP contribution is -2.30. The average Bonchev–Trinajstić information content (AvgIpc) is 2.99. The number of ketones is 1. The van der Waals surface area contributed by atoms with Gasteiger partial charge in [-0.25, -0.2) is 4.39 Å². The minimum absolute atomic E-state index is 0.0503. The molecule has 7 nitrogen and oxygen atoms in total. The highest BCUT2D eigenvalue weighted by molar-refractivity contribution is 8.00. The molecule has 0 aliphatic carbocycles. The smallest absolute Gasteiger partial charge is 0.272 e. The van der Waals surface area contributed by atoms with Crippen LogP contribution >= 0.6 is 11.8 Å². The van der Waals surface area contributed by atoms with E-state index in [1.165, 1.54) is 43.0 Å². The van der Waals surface area contributed by atoms with E-state index in [9.17, 15) is 23.6 Å². The van der Waals surface area contributed by atoms with Crippen LogP contribution < -0.4 is 16.0 Å². The molecule has 0 aliphatic heterocycles. The maximum Gasteiger partial charge on any atom is 0.272 e. The predicted molar refractivity (Wildman–Crippen MR) is 164 cm³/mol. The first-order valence-electron chi connectivity index (χ1n) is 13.0. The van der Waals surface area contributed by atoms with Crippen molar-refractivity contribution in [3.05, 3.63) is 131 Å². The normalized spacial score (nSPS) is 11.7. The van der Waals surface area contributed by atoms with E-state index in [1.807, 2.05) is 0 Å². The molecule has 0 heterocycles. The number of hydrogen-bond donors (Lipinski definition) is 3. The van der Waals surface area contributed by atoms with E-state index in [-0.39, 0.29) is 23.0 Å². The van der Waals surface area contributed by atoms with Crippen LogP contribution in [0.15, 0.2) is 114 Å². The highest BCUT2D eigenvalue weighted by Gasteiger charge is 2.17. The molecular weight excluding hydrogens is 553 g/mol. The van der Waals surface area contributed by atoms with Crippen LogP contribution in [0, 0.1) is 5.82 Å². The zero-order chi connectivity index (χ0) is 30.1. The number of amides is 3. The second kappa shape index (κ2) is 14.0.